The monoisotopic (exact) mass is 1890 g/mol. The van der Waals surface area contributed by atoms with Gasteiger partial charge in [0.25, 0.3) is 34.7 Å². The van der Waals surface area contributed by atoms with E-state index in [1.54, 1.807) is 133 Å². The standard InChI is InChI=1S/C40H66O11Si4.C8H24O3Si4.4C8H6O3.2Y/c1-11-33(31-47-39(43)37(41)35-21-15-13-16-22-35)29-45-25-19-27-54(9,49-52(3,4)5)51-55(10,50-53(6,7)8)28-20-26-46-30-34(12-2)32-48-40(44)38(42)36-23-17-14-18-24-36;1-12(10-14(3,4)5)9-13(2)11-15(6,7)8;4*9-7(8(10)11)6-4-2-1-3-5-6;;/h13-18,21-24,33-34H,11-12,19-20,25-32H2,1-10H3;1-8H3;4*1-5H,(H,10,11);;. The summed E-state index contributed by atoms with van der Waals surface area (Å²) in [6.07, 6.45) is 2.98. The Morgan fingerprint density at radius 1 is 0.319 bits per heavy atom. The van der Waals surface area contributed by atoms with Crippen molar-refractivity contribution < 1.29 is 187 Å². The maximum absolute atomic E-state index is 12.4. The van der Waals surface area contributed by atoms with Crippen LogP contribution in [0.2, 0.25) is 117 Å². The smallest absolute Gasteiger partial charge is 0.379 e. The Labute approximate surface area is 743 Å². The summed E-state index contributed by atoms with van der Waals surface area (Å²) >= 11 is 0. The average molecular weight is 1890 g/mol. The number of carboxylic acids is 4. The van der Waals surface area contributed by atoms with Gasteiger partial charge in [0.2, 0.25) is 0 Å². The molecule has 0 bridgehead atoms. The van der Waals surface area contributed by atoms with Crippen LogP contribution in [-0.2, 0) is 138 Å². The van der Waals surface area contributed by atoms with Crippen molar-refractivity contribution in [3.05, 3.63) is 215 Å². The van der Waals surface area contributed by atoms with E-state index in [9.17, 15) is 57.5 Å². The summed E-state index contributed by atoms with van der Waals surface area (Å²) in [6.45, 7) is 40.7. The summed E-state index contributed by atoms with van der Waals surface area (Å²) < 4.78 is 61.3. The molecular weight excluding hydrogens is 1780 g/mol. The second kappa shape index (κ2) is 57.9. The van der Waals surface area contributed by atoms with E-state index >= 15 is 0 Å². The summed E-state index contributed by atoms with van der Waals surface area (Å²) in [7, 11) is -14.5. The van der Waals surface area contributed by atoms with Crippen molar-refractivity contribution in [3.8, 4) is 0 Å². The van der Waals surface area contributed by atoms with Crippen molar-refractivity contribution in [2.24, 2.45) is 11.8 Å². The van der Waals surface area contributed by atoms with Gasteiger partial charge in [0.05, 0.1) is 26.4 Å². The number of carbonyl (C=O) groups is 12. The van der Waals surface area contributed by atoms with Crippen LogP contribution in [0.5, 0.6) is 0 Å². The first-order valence-electron chi connectivity index (χ1n) is 37.0. The molecule has 628 valence electrons. The van der Waals surface area contributed by atoms with Gasteiger partial charge in [-0.15, -0.1) is 0 Å². The molecule has 4 N–H and O–H groups in total. The Morgan fingerprint density at radius 2 is 0.534 bits per heavy atom. The fraction of sp³-hybridized carbons (Fsp3) is 0.400. The SMILES string of the molecule is CCC(COCCC[Si](C)(O[Si](C)(C)C)O[Si](C)(CCCOCC(CC)COC(=O)C(=O)c1ccccc1)O[Si](C)(C)C)COC(=O)C(=O)c1ccccc1.C[Si](O[Si](C)O[Si](C)(C)C)O[Si](C)(C)C.O=C(O)C(=O)c1ccccc1.O=C(O)C(=O)c1ccccc1.O=C(O)C(=O)c1ccccc1.O=C(O)C(=O)c1ccccc1.[Y].[Y]. The molecule has 6 aromatic rings. The fourth-order valence-corrected chi connectivity index (χ4v) is 37.9. The molecule has 4 radical (unpaired) electrons. The molecule has 4 atom stereocenters. The molecule has 6 aromatic carbocycles. The van der Waals surface area contributed by atoms with Gasteiger partial charge < -0.3 is 64.1 Å². The van der Waals surface area contributed by atoms with Crippen molar-refractivity contribution in [1.82, 2.24) is 0 Å². The second-order valence-corrected chi connectivity index (χ2v) is 59.1. The number of rotatable bonds is 42. The third-order valence-electron chi connectivity index (χ3n) is 14.6. The van der Waals surface area contributed by atoms with Gasteiger partial charge in [-0.2, -0.15) is 0 Å². The van der Waals surface area contributed by atoms with Gasteiger partial charge in [-0.05, 0) is 143 Å². The molecule has 0 spiro atoms. The minimum Gasteiger partial charge on any atom is -0.475 e. The maximum atomic E-state index is 12.4. The van der Waals surface area contributed by atoms with Crippen molar-refractivity contribution in [1.29, 1.82) is 0 Å². The normalized spacial score (nSPS) is 12.5. The van der Waals surface area contributed by atoms with Crippen LogP contribution in [0.3, 0.4) is 0 Å². The molecular formula is C80H114O26Si8Y2. The number of hydrogen-bond donors (Lipinski definition) is 4. The molecule has 0 saturated carbocycles. The van der Waals surface area contributed by atoms with Crippen LogP contribution in [0.1, 0.15) is 102 Å². The molecule has 0 amide bonds. The quantitative estimate of drug-likeness (QED) is 0.00909. The molecule has 0 aliphatic heterocycles. The van der Waals surface area contributed by atoms with Crippen molar-refractivity contribution in [2.75, 3.05) is 39.6 Å². The van der Waals surface area contributed by atoms with E-state index in [4.69, 9.17) is 64.1 Å². The third-order valence-corrected chi connectivity index (χ3v) is 38.5. The zero-order valence-electron chi connectivity index (χ0n) is 69.9. The van der Waals surface area contributed by atoms with E-state index in [1.165, 1.54) is 48.5 Å². The number of ether oxygens (including phenoxy) is 4. The molecule has 26 nitrogen and oxygen atoms in total. The summed E-state index contributed by atoms with van der Waals surface area (Å²) in [5.74, 6) is -12.2. The molecule has 0 heterocycles. The molecule has 0 aliphatic rings. The summed E-state index contributed by atoms with van der Waals surface area (Å²) in [6, 6.07) is 49.9. The number of benzene rings is 6. The first kappa shape index (κ1) is 112. The average Bonchev–Trinajstić information content (AvgIpc) is 0.807. The largest absolute Gasteiger partial charge is 0.475 e. The summed E-state index contributed by atoms with van der Waals surface area (Å²) in [4.78, 5) is 133. The number of esters is 2. The number of Topliss-reactive ketones (excluding diaryl/α,β-unsaturated/α-hetero) is 6. The van der Waals surface area contributed by atoms with E-state index in [2.05, 4.69) is 105 Å². The van der Waals surface area contributed by atoms with Crippen LogP contribution in [0.25, 0.3) is 0 Å². The number of ketones is 6. The van der Waals surface area contributed by atoms with Crippen LogP contribution in [0.4, 0.5) is 0 Å². The topological polar surface area (TPSA) is 378 Å². The zero-order valence-corrected chi connectivity index (χ0v) is 83.6. The van der Waals surface area contributed by atoms with E-state index < -0.39 is 139 Å². The van der Waals surface area contributed by atoms with Crippen LogP contribution in [0.15, 0.2) is 182 Å². The van der Waals surface area contributed by atoms with Gasteiger partial charge >= 0.3 is 71.5 Å². The predicted octanol–water partition coefficient (Wildman–Crippen LogP) is 15.3. The Kier molecular flexibility index (Phi) is 55.8. The second-order valence-electron chi connectivity index (χ2n) is 29.8. The molecule has 6 rings (SSSR count). The predicted molar refractivity (Wildman–Crippen MR) is 452 cm³/mol. The molecule has 0 saturated heterocycles. The van der Waals surface area contributed by atoms with E-state index in [-0.39, 0.29) is 113 Å². The maximum Gasteiger partial charge on any atom is 0.379 e. The van der Waals surface area contributed by atoms with E-state index in [0.29, 0.717) is 37.6 Å². The number of hydrogen-bond acceptors (Lipinski definition) is 22. The van der Waals surface area contributed by atoms with Gasteiger partial charge in [0, 0.05) is 124 Å². The van der Waals surface area contributed by atoms with Gasteiger partial charge in [-0.1, -0.05) is 196 Å². The van der Waals surface area contributed by atoms with Crippen LogP contribution < -0.4 is 0 Å². The van der Waals surface area contributed by atoms with Crippen LogP contribution in [-0.4, -0.2) is 200 Å². The molecule has 0 aromatic heterocycles. The Balaban J connectivity index is 0. The van der Waals surface area contributed by atoms with Gasteiger partial charge in [0.15, 0.2) is 33.3 Å². The molecule has 36 heteroatoms. The van der Waals surface area contributed by atoms with E-state index in [0.717, 1.165) is 37.8 Å². The van der Waals surface area contributed by atoms with Gasteiger partial charge in [-0.3, -0.25) is 28.8 Å². The van der Waals surface area contributed by atoms with Crippen LogP contribution in [0, 0.1) is 11.8 Å². The number of aliphatic carboxylic acids is 4. The van der Waals surface area contributed by atoms with Crippen molar-refractivity contribution in [2.45, 2.75) is 156 Å². The minimum absolute atomic E-state index is 0. The third kappa shape index (κ3) is 52.0. The summed E-state index contributed by atoms with van der Waals surface area (Å²) in [5.41, 5.74) is 1.46. The van der Waals surface area contributed by atoms with Gasteiger partial charge in [0.1, 0.15) is 0 Å². The Morgan fingerprint density at radius 3 is 0.724 bits per heavy atom. The fourth-order valence-electron chi connectivity index (χ4n) is 9.95. The molecule has 4 unspecified atom stereocenters. The zero-order chi connectivity index (χ0) is 86.5. The Bertz CT molecular complexity index is 3580. The Hall–Kier alpha value is -6.22. The number of carboxylic acid groups (broad SMARTS) is 4. The van der Waals surface area contributed by atoms with Crippen molar-refractivity contribution >= 4 is 139 Å². The summed E-state index contributed by atoms with van der Waals surface area (Å²) in [5, 5.41) is 33.1. The first-order chi connectivity index (χ1) is 53.1. The van der Waals surface area contributed by atoms with E-state index in [1.807, 2.05) is 13.8 Å². The van der Waals surface area contributed by atoms with Crippen LogP contribution >= 0.6 is 0 Å². The number of carbonyl (C=O) groups excluding carboxylic acids is 8. The first-order valence-corrected chi connectivity index (χ1v) is 59.3. The molecule has 0 aliphatic carbocycles. The molecule has 0 fully saturated rings. The van der Waals surface area contributed by atoms with Gasteiger partial charge in [-0.25, -0.2) is 28.8 Å². The minimum atomic E-state index is -2.71. The van der Waals surface area contributed by atoms with Crippen molar-refractivity contribution in [3.63, 3.8) is 0 Å². The molecule has 116 heavy (non-hydrogen) atoms.